The number of fused-ring (bicyclic) bond motifs is 1. The second-order valence-corrected chi connectivity index (χ2v) is 5.57. The first-order valence-corrected chi connectivity index (χ1v) is 7.28. The molecule has 5 nitrogen and oxygen atoms in total. The van der Waals surface area contributed by atoms with Gasteiger partial charge in [-0.15, -0.1) is 8.78 Å². The summed E-state index contributed by atoms with van der Waals surface area (Å²) in [5.74, 6) is -0.618. The number of rotatable bonds is 4. The Balaban J connectivity index is 1.64. The van der Waals surface area contributed by atoms with Crippen LogP contribution >= 0.6 is 0 Å². The Morgan fingerprint density at radius 3 is 2.42 bits per heavy atom. The lowest BCUT2D eigenvalue weighted by Crippen LogP contribution is -2.26. The molecule has 0 bridgehead atoms. The minimum absolute atomic E-state index is 0.0872. The van der Waals surface area contributed by atoms with Gasteiger partial charge in [0.15, 0.2) is 11.5 Å². The second kappa shape index (κ2) is 5.99. The van der Waals surface area contributed by atoms with Crippen molar-refractivity contribution in [1.29, 1.82) is 0 Å². The van der Waals surface area contributed by atoms with Crippen LogP contribution in [0.5, 0.6) is 11.5 Å². The van der Waals surface area contributed by atoms with E-state index >= 15 is 0 Å². The number of nitrogens with zero attached hydrogens (tertiary/aromatic N) is 1. The number of amides is 1. The van der Waals surface area contributed by atoms with Crippen molar-refractivity contribution in [3.63, 3.8) is 0 Å². The van der Waals surface area contributed by atoms with E-state index in [0.29, 0.717) is 6.54 Å². The van der Waals surface area contributed by atoms with Gasteiger partial charge in [-0.1, -0.05) is 12.1 Å². The largest absolute Gasteiger partial charge is 0.586 e. The maximum atomic E-state index is 13.0. The van der Waals surface area contributed by atoms with Gasteiger partial charge in [-0.3, -0.25) is 4.79 Å². The topological polar surface area (TPSA) is 50.8 Å². The molecule has 0 radical (unpaired) electrons. The van der Waals surface area contributed by atoms with Gasteiger partial charge < -0.3 is 19.7 Å². The van der Waals surface area contributed by atoms with Gasteiger partial charge in [-0.2, -0.15) is 0 Å². The predicted octanol–water partition coefficient (Wildman–Crippen LogP) is 3.00. The van der Waals surface area contributed by atoms with Crippen molar-refractivity contribution in [2.75, 3.05) is 19.0 Å². The number of carbonyl (C=O) groups excluding carboxylic acids is 1. The van der Waals surface area contributed by atoms with Gasteiger partial charge in [0.2, 0.25) is 0 Å². The molecule has 0 fully saturated rings. The van der Waals surface area contributed by atoms with E-state index in [1.54, 1.807) is 0 Å². The summed E-state index contributed by atoms with van der Waals surface area (Å²) in [6, 6.07) is 11.7. The summed E-state index contributed by atoms with van der Waals surface area (Å²) in [7, 11) is 3.89. The Morgan fingerprint density at radius 1 is 1.08 bits per heavy atom. The molecule has 3 rings (SSSR count). The van der Waals surface area contributed by atoms with Crippen molar-refractivity contribution in [2.24, 2.45) is 0 Å². The minimum Gasteiger partial charge on any atom is -0.395 e. The molecule has 2 aromatic rings. The molecule has 126 valence electrons. The first-order chi connectivity index (χ1) is 11.3. The Hall–Kier alpha value is -2.83. The molecule has 0 atom stereocenters. The Labute approximate surface area is 137 Å². The SMILES string of the molecule is CN(C)c1ccc(CNC(=O)c2ccc3c(c2)OC(F)(F)O3)cc1. The quantitative estimate of drug-likeness (QED) is 0.934. The molecule has 7 heteroatoms. The van der Waals surface area contributed by atoms with E-state index in [0.717, 1.165) is 11.3 Å². The van der Waals surface area contributed by atoms with Gasteiger partial charge >= 0.3 is 6.29 Å². The first kappa shape index (κ1) is 16.0. The first-order valence-electron chi connectivity index (χ1n) is 7.28. The summed E-state index contributed by atoms with van der Waals surface area (Å²) in [5.41, 5.74) is 2.21. The molecular weight excluding hydrogens is 318 g/mol. The predicted molar refractivity (Wildman–Crippen MR) is 84.6 cm³/mol. The number of nitrogens with one attached hydrogen (secondary N) is 1. The van der Waals surface area contributed by atoms with E-state index in [1.165, 1.54) is 18.2 Å². The lowest BCUT2D eigenvalue weighted by molar-refractivity contribution is -0.286. The normalized spacial score (nSPS) is 14.3. The number of hydrogen-bond acceptors (Lipinski definition) is 4. The molecule has 0 aliphatic carbocycles. The molecule has 0 saturated heterocycles. The van der Waals surface area contributed by atoms with Crippen molar-refractivity contribution in [3.8, 4) is 11.5 Å². The van der Waals surface area contributed by atoms with Crippen LogP contribution in [-0.4, -0.2) is 26.3 Å². The minimum atomic E-state index is -3.69. The van der Waals surface area contributed by atoms with E-state index < -0.39 is 6.29 Å². The van der Waals surface area contributed by atoms with Crippen molar-refractivity contribution < 1.29 is 23.0 Å². The Morgan fingerprint density at radius 2 is 1.75 bits per heavy atom. The number of halogens is 2. The monoisotopic (exact) mass is 334 g/mol. The molecule has 24 heavy (non-hydrogen) atoms. The zero-order valence-corrected chi connectivity index (χ0v) is 13.2. The highest BCUT2D eigenvalue weighted by atomic mass is 19.3. The molecule has 1 heterocycles. The van der Waals surface area contributed by atoms with Gasteiger partial charge in [0, 0.05) is 31.9 Å². The van der Waals surface area contributed by atoms with Gasteiger partial charge in [0.1, 0.15) is 0 Å². The maximum Gasteiger partial charge on any atom is 0.586 e. The number of hydrogen-bond donors (Lipinski definition) is 1. The third-order valence-electron chi connectivity index (χ3n) is 3.57. The summed E-state index contributed by atoms with van der Waals surface area (Å²) in [4.78, 5) is 14.1. The molecule has 1 amide bonds. The van der Waals surface area contributed by atoms with Crippen LogP contribution in [0.4, 0.5) is 14.5 Å². The summed E-state index contributed by atoms with van der Waals surface area (Å²) in [5, 5.41) is 2.74. The lowest BCUT2D eigenvalue weighted by atomic mass is 10.1. The van der Waals surface area contributed by atoms with Crippen LogP contribution in [0.2, 0.25) is 0 Å². The molecule has 1 aliphatic rings. The lowest BCUT2D eigenvalue weighted by Gasteiger charge is -2.13. The summed E-state index contributed by atoms with van der Waals surface area (Å²) in [6.07, 6.45) is -3.69. The number of ether oxygens (including phenoxy) is 2. The maximum absolute atomic E-state index is 13.0. The molecule has 0 saturated carbocycles. The zero-order valence-electron chi connectivity index (χ0n) is 13.2. The van der Waals surface area contributed by atoms with Crippen molar-refractivity contribution in [1.82, 2.24) is 5.32 Å². The summed E-state index contributed by atoms with van der Waals surface area (Å²) < 4.78 is 34.6. The van der Waals surface area contributed by atoms with Crippen molar-refractivity contribution in [2.45, 2.75) is 12.8 Å². The van der Waals surface area contributed by atoms with Crippen molar-refractivity contribution in [3.05, 3.63) is 53.6 Å². The highest BCUT2D eigenvalue weighted by molar-refractivity contribution is 5.94. The van der Waals surface area contributed by atoms with E-state index in [4.69, 9.17) is 0 Å². The zero-order chi connectivity index (χ0) is 17.3. The summed E-state index contributed by atoms with van der Waals surface area (Å²) in [6.45, 7) is 0.330. The number of alkyl halides is 2. The average Bonchev–Trinajstić information content (AvgIpc) is 2.85. The van der Waals surface area contributed by atoms with Crippen LogP contribution in [-0.2, 0) is 6.54 Å². The van der Waals surface area contributed by atoms with Crippen molar-refractivity contribution >= 4 is 11.6 Å². The number of benzene rings is 2. The molecular formula is C17H16F2N2O3. The smallest absolute Gasteiger partial charge is 0.395 e. The van der Waals surface area contributed by atoms with Gasteiger partial charge in [0.25, 0.3) is 5.91 Å². The molecule has 0 aromatic heterocycles. The number of anilines is 1. The molecule has 0 spiro atoms. The third kappa shape index (κ3) is 3.40. The fourth-order valence-electron chi connectivity index (χ4n) is 2.29. The van der Waals surface area contributed by atoms with Crippen LogP contribution in [0.25, 0.3) is 0 Å². The number of carbonyl (C=O) groups is 1. The van der Waals surface area contributed by atoms with Gasteiger partial charge in [-0.05, 0) is 35.9 Å². The van der Waals surface area contributed by atoms with E-state index in [-0.39, 0.29) is 23.0 Å². The fraction of sp³-hybridized carbons (Fsp3) is 0.235. The van der Waals surface area contributed by atoms with Crippen LogP contribution in [0.15, 0.2) is 42.5 Å². The highest BCUT2D eigenvalue weighted by Gasteiger charge is 2.43. The van der Waals surface area contributed by atoms with Gasteiger partial charge in [0.05, 0.1) is 0 Å². The van der Waals surface area contributed by atoms with E-state index in [9.17, 15) is 13.6 Å². The molecule has 2 aromatic carbocycles. The van der Waals surface area contributed by atoms with E-state index in [2.05, 4.69) is 14.8 Å². The second-order valence-electron chi connectivity index (χ2n) is 5.57. The highest BCUT2D eigenvalue weighted by Crippen LogP contribution is 2.41. The molecule has 1 aliphatic heterocycles. The van der Waals surface area contributed by atoms with Crippen LogP contribution in [0.1, 0.15) is 15.9 Å². The fourth-order valence-corrected chi connectivity index (χ4v) is 2.29. The van der Waals surface area contributed by atoms with Gasteiger partial charge in [-0.25, -0.2) is 0 Å². The summed E-state index contributed by atoms with van der Waals surface area (Å²) >= 11 is 0. The molecule has 1 N–H and O–H groups in total. The van der Waals surface area contributed by atoms with Crippen LogP contribution in [0, 0.1) is 0 Å². The van der Waals surface area contributed by atoms with E-state index in [1.807, 2.05) is 43.3 Å². The molecule has 0 unspecified atom stereocenters. The third-order valence-corrected chi connectivity index (χ3v) is 3.57. The van der Waals surface area contributed by atoms with Crippen LogP contribution < -0.4 is 19.7 Å². The average molecular weight is 334 g/mol. The van der Waals surface area contributed by atoms with Crippen LogP contribution in [0.3, 0.4) is 0 Å². The standard InChI is InChI=1S/C17H16F2N2O3/c1-21(2)13-6-3-11(4-7-13)10-20-16(22)12-5-8-14-15(9-12)24-17(18,19)23-14/h3-9H,10H2,1-2H3,(H,20,22). The Kier molecular flexibility index (Phi) is 4.01. The Bertz CT molecular complexity index is 761.